The number of rotatable bonds is 3. The fourth-order valence-electron chi connectivity index (χ4n) is 1.11. The van der Waals surface area contributed by atoms with E-state index in [1.54, 1.807) is 19.0 Å². The zero-order valence-corrected chi connectivity index (χ0v) is 8.58. The van der Waals surface area contributed by atoms with Crippen molar-refractivity contribution >= 4 is 22.2 Å². The van der Waals surface area contributed by atoms with Crippen molar-refractivity contribution in [3.8, 4) is 0 Å². The van der Waals surface area contributed by atoms with Gasteiger partial charge in [0, 0.05) is 18.3 Å². The molecule has 0 fully saturated rings. The summed E-state index contributed by atoms with van der Waals surface area (Å²) in [5.74, 6) is -1.46. The van der Waals surface area contributed by atoms with Gasteiger partial charge in [-0.15, -0.1) is 0 Å². The molecule has 14 heavy (non-hydrogen) atoms. The molecule has 0 amide bonds. The van der Waals surface area contributed by atoms with Crippen LogP contribution in [0.2, 0.25) is 0 Å². The Labute approximate surface area is 81.6 Å². The first kappa shape index (κ1) is 10.9. The number of aliphatic carboxylic acids is 1. The highest BCUT2D eigenvalue weighted by atomic mass is 32.2. The molecule has 0 unspecified atom stereocenters. The normalized spacial score (nSPS) is 19.4. The molecule has 0 atom stereocenters. The molecule has 0 bridgehead atoms. The summed E-state index contributed by atoms with van der Waals surface area (Å²) in [5, 5.41) is 8.70. The highest BCUT2D eigenvalue weighted by Gasteiger charge is 2.31. The number of likely N-dealkylation sites (N-methyl/N-ethyl adjacent to an activating group) is 1. The van der Waals surface area contributed by atoms with Gasteiger partial charge in [-0.1, -0.05) is 0 Å². The molecule has 0 spiro atoms. The van der Waals surface area contributed by atoms with E-state index in [9.17, 15) is 13.2 Å². The van der Waals surface area contributed by atoms with Crippen molar-refractivity contribution in [3.63, 3.8) is 0 Å². The van der Waals surface area contributed by atoms with Gasteiger partial charge in [0.05, 0.1) is 0 Å². The molecule has 6 nitrogen and oxygen atoms in total. The van der Waals surface area contributed by atoms with Crippen LogP contribution in [-0.4, -0.2) is 51.2 Å². The molecule has 0 aromatic heterocycles. The summed E-state index contributed by atoms with van der Waals surface area (Å²) in [4.78, 5) is 11.7. The molecule has 0 radical (unpaired) electrons. The number of sulfonamides is 1. The first-order valence-corrected chi connectivity index (χ1v) is 5.20. The number of hydrogen-bond acceptors (Lipinski definition) is 4. The molecular weight excluding hydrogens is 208 g/mol. The number of hydrogen-bond donors (Lipinski definition) is 1. The third-order valence-corrected chi connectivity index (χ3v) is 2.91. The number of nitrogens with zero attached hydrogens (tertiary/aromatic N) is 2. The standard InChI is InChI=1S/C7H10N2O4S/c1-9(2)4-5-3-8-14(12,13)6(5)7(10)11/h3H,4H2,1-2H3,(H,10,11). The van der Waals surface area contributed by atoms with E-state index in [1.807, 2.05) is 0 Å². The van der Waals surface area contributed by atoms with Gasteiger partial charge in [-0.25, -0.2) is 4.79 Å². The summed E-state index contributed by atoms with van der Waals surface area (Å²) in [7, 11) is -0.531. The monoisotopic (exact) mass is 218 g/mol. The van der Waals surface area contributed by atoms with Crippen LogP contribution < -0.4 is 0 Å². The molecule has 7 heteroatoms. The maximum atomic E-state index is 11.1. The van der Waals surface area contributed by atoms with E-state index in [4.69, 9.17) is 5.11 Å². The van der Waals surface area contributed by atoms with Crippen LogP contribution in [0.4, 0.5) is 0 Å². The van der Waals surface area contributed by atoms with Crippen LogP contribution >= 0.6 is 0 Å². The Bertz CT molecular complexity index is 419. The smallest absolute Gasteiger partial charge is 0.349 e. The molecule has 0 aliphatic carbocycles. The highest BCUT2D eigenvalue weighted by molar-refractivity contribution is 7.95. The maximum Gasteiger partial charge on any atom is 0.349 e. The average Bonchev–Trinajstić information content (AvgIpc) is 2.24. The molecule has 0 aromatic rings. The van der Waals surface area contributed by atoms with Crippen LogP contribution in [0.5, 0.6) is 0 Å². The van der Waals surface area contributed by atoms with Crippen molar-refractivity contribution in [1.82, 2.24) is 4.90 Å². The summed E-state index contributed by atoms with van der Waals surface area (Å²) in [6, 6.07) is 0. The molecule has 1 N–H and O–H groups in total. The Balaban J connectivity index is 3.17. The topological polar surface area (TPSA) is 87.0 Å². The van der Waals surface area contributed by atoms with Gasteiger partial charge in [0.15, 0.2) is 4.91 Å². The van der Waals surface area contributed by atoms with Gasteiger partial charge in [-0.3, -0.25) is 0 Å². The van der Waals surface area contributed by atoms with Crippen LogP contribution in [0, 0.1) is 0 Å². The maximum absolute atomic E-state index is 11.1. The van der Waals surface area contributed by atoms with E-state index in [0.29, 0.717) is 0 Å². The molecule has 1 heterocycles. The van der Waals surface area contributed by atoms with E-state index >= 15 is 0 Å². The number of carbonyl (C=O) groups is 1. The lowest BCUT2D eigenvalue weighted by atomic mass is 10.2. The van der Waals surface area contributed by atoms with Crippen molar-refractivity contribution in [1.29, 1.82) is 0 Å². The molecule has 0 saturated heterocycles. The van der Waals surface area contributed by atoms with Gasteiger partial charge in [0.25, 0.3) is 10.0 Å². The van der Waals surface area contributed by atoms with Gasteiger partial charge in [0.2, 0.25) is 0 Å². The third-order valence-electron chi connectivity index (χ3n) is 1.58. The molecule has 0 aromatic carbocycles. The van der Waals surface area contributed by atoms with E-state index in [1.165, 1.54) is 0 Å². The van der Waals surface area contributed by atoms with Crippen molar-refractivity contribution in [2.75, 3.05) is 20.6 Å². The van der Waals surface area contributed by atoms with Crippen LogP contribution in [-0.2, 0) is 14.8 Å². The van der Waals surface area contributed by atoms with E-state index in [2.05, 4.69) is 4.40 Å². The largest absolute Gasteiger partial charge is 0.477 e. The van der Waals surface area contributed by atoms with Crippen LogP contribution in [0.25, 0.3) is 0 Å². The van der Waals surface area contributed by atoms with E-state index < -0.39 is 20.9 Å². The summed E-state index contributed by atoms with van der Waals surface area (Å²) in [6.45, 7) is 0.240. The Morgan fingerprint density at radius 3 is 2.57 bits per heavy atom. The predicted octanol–water partition coefficient (Wildman–Crippen LogP) is -0.699. The van der Waals surface area contributed by atoms with Crippen molar-refractivity contribution in [3.05, 3.63) is 10.5 Å². The lowest BCUT2D eigenvalue weighted by Gasteiger charge is -2.08. The Kier molecular flexibility index (Phi) is 2.72. The molecule has 1 aliphatic heterocycles. The van der Waals surface area contributed by atoms with Gasteiger partial charge in [-0.2, -0.15) is 12.8 Å². The lowest BCUT2D eigenvalue weighted by molar-refractivity contribution is -0.131. The Hall–Kier alpha value is -1.21. The summed E-state index contributed by atoms with van der Waals surface area (Å²) in [6.07, 6.45) is 1.08. The van der Waals surface area contributed by atoms with Crippen LogP contribution in [0.1, 0.15) is 0 Å². The first-order valence-electron chi connectivity index (χ1n) is 3.76. The molecule has 78 valence electrons. The van der Waals surface area contributed by atoms with Crippen LogP contribution in [0.3, 0.4) is 0 Å². The Morgan fingerprint density at radius 1 is 1.57 bits per heavy atom. The third kappa shape index (κ3) is 1.99. The Morgan fingerprint density at radius 2 is 2.14 bits per heavy atom. The minimum absolute atomic E-state index is 0.211. The molecule has 1 aliphatic rings. The van der Waals surface area contributed by atoms with Gasteiger partial charge >= 0.3 is 5.97 Å². The fourth-order valence-corrected chi connectivity index (χ4v) is 2.15. The summed E-state index contributed by atoms with van der Waals surface area (Å²) < 4.78 is 25.5. The van der Waals surface area contributed by atoms with Crippen molar-refractivity contribution in [2.45, 2.75) is 0 Å². The number of carboxylic acid groups (broad SMARTS) is 1. The first-order chi connectivity index (χ1) is 6.34. The second-order valence-electron chi connectivity index (χ2n) is 3.11. The lowest BCUT2D eigenvalue weighted by Crippen LogP contribution is -2.19. The second kappa shape index (κ2) is 3.50. The minimum atomic E-state index is -3.96. The second-order valence-corrected chi connectivity index (χ2v) is 4.68. The summed E-state index contributed by atoms with van der Waals surface area (Å²) in [5.41, 5.74) is 0.211. The van der Waals surface area contributed by atoms with E-state index in [-0.39, 0.29) is 12.1 Å². The zero-order chi connectivity index (χ0) is 10.9. The summed E-state index contributed by atoms with van der Waals surface area (Å²) >= 11 is 0. The minimum Gasteiger partial charge on any atom is -0.477 e. The van der Waals surface area contributed by atoms with Crippen molar-refractivity contribution < 1.29 is 18.3 Å². The number of carboxylic acids is 1. The van der Waals surface area contributed by atoms with Crippen LogP contribution in [0.15, 0.2) is 14.9 Å². The fraction of sp³-hybridized carbons (Fsp3) is 0.429. The SMILES string of the molecule is CN(C)CC1=C(C(=O)O)S(=O)(=O)N=C1. The van der Waals surface area contributed by atoms with Gasteiger partial charge in [0.1, 0.15) is 0 Å². The van der Waals surface area contributed by atoms with Crippen molar-refractivity contribution in [2.24, 2.45) is 4.40 Å². The zero-order valence-electron chi connectivity index (χ0n) is 7.76. The average molecular weight is 218 g/mol. The van der Waals surface area contributed by atoms with Gasteiger partial charge in [-0.05, 0) is 14.1 Å². The van der Waals surface area contributed by atoms with E-state index in [0.717, 1.165) is 6.21 Å². The van der Waals surface area contributed by atoms with Gasteiger partial charge < -0.3 is 10.0 Å². The molecule has 0 saturated carbocycles. The molecule has 1 rings (SSSR count). The predicted molar refractivity (Wildman–Crippen MR) is 50.6 cm³/mol. The quantitative estimate of drug-likeness (QED) is 0.677. The molecular formula is C7H10N2O4S. The highest BCUT2D eigenvalue weighted by Crippen LogP contribution is 2.20.